The number of rotatable bonds is 4. The highest BCUT2D eigenvalue weighted by Gasteiger charge is 2.49. The maximum Gasteiger partial charge on any atom is 0.227 e. The van der Waals surface area contributed by atoms with Crippen molar-refractivity contribution in [3.63, 3.8) is 0 Å². The molecule has 2 fully saturated rings. The van der Waals surface area contributed by atoms with Crippen LogP contribution >= 0.6 is 11.3 Å². The highest BCUT2D eigenvalue weighted by atomic mass is 32.1. The minimum atomic E-state index is -0.103. The topological polar surface area (TPSA) is 41.1 Å². The second kappa shape index (κ2) is 5.63. The summed E-state index contributed by atoms with van der Waals surface area (Å²) in [6.45, 7) is 2.68. The van der Waals surface area contributed by atoms with Gasteiger partial charge in [0.05, 0.1) is 5.41 Å². The lowest BCUT2D eigenvalue weighted by Crippen LogP contribution is -2.48. The standard InChI is InChI=1S/C15H22N2OS/c18-14(17-8-6-13-5-3-9-19-13)15-7-2-1-4-12(15)10-16-11-15/h3,5,9,12,16H,1-2,4,6-8,10-11H2,(H,17,18)/t12-,15+/m0/s1. The third-order valence-electron chi connectivity index (χ3n) is 4.73. The van der Waals surface area contributed by atoms with E-state index in [9.17, 15) is 4.79 Å². The van der Waals surface area contributed by atoms with Crippen molar-refractivity contribution in [3.8, 4) is 0 Å². The largest absolute Gasteiger partial charge is 0.355 e. The zero-order valence-corrected chi connectivity index (χ0v) is 12.1. The molecule has 3 rings (SSSR count). The van der Waals surface area contributed by atoms with Crippen LogP contribution < -0.4 is 10.6 Å². The molecule has 1 aliphatic carbocycles. The molecule has 0 radical (unpaired) electrons. The maximum atomic E-state index is 12.6. The van der Waals surface area contributed by atoms with Gasteiger partial charge < -0.3 is 10.6 Å². The molecule has 19 heavy (non-hydrogen) atoms. The summed E-state index contributed by atoms with van der Waals surface area (Å²) in [5.74, 6) is 0.849. The summed E-state index contributed by atoms with van der Waals surface area (Å²) < 4.78 is 0. The fourth-order valence-corrected chi connectivity index (χ4v) is 4.33. The quantitative estimate of drug-likeness (QED) is 0.886. The van der Waals surface area contributed by atoms with Crippen molar-refractivity contribution in [2.75, 3.05) is 19.6 Å². The Bertz CT molecular complexity index is 431. The minimum Gasteiger partial charge on any atom is -0.355 e. The predicted octanol–water partition coefficient (Wildman–Crippen LogP) is 2.19. The van der Waals surface area contributed by atoms with Gasteiger partial charge in [-0.3, -0.25) is 4.79 Å². The van der Waals surface area contributed by atoms with Crippen LogP contribution in [0.5, 0.6) is 0 Å². The van der Waals surface area contributed by atoms with Crippen LogP contribution in [-0.2, 0) is 11.2 Å². The van der Waals surface area contributed by atoms with E-state index in [1.807, 2.05) is 0 Å². The van der Waals surface area contributed by atoms with Crippen molar-refractivity contribution in [2.24, 2.45) is 11.3 Å². The van der Waals surface area contributed by atoms with Gasteiger partial charge in [-0.15, -0.1) is 11.3 Å². The zero-order valence-electron chi connectivity index (χ0n) is 11.3. The van der Waals surface area contributed by atoms with Gasteiger partial charge in [-0.25, -0.2) is 0 Å². The van der Waals surface area contributed by atoms with Crippen LogP contribution in [-0.4, -0.2) is 25.5 Å². The lowest BCUT2D eigenvalue weighted by Gasteiger charge is -2.37. The first-order valence-electron chi connectivity index (χ1n) is 7.33. The zero-order chi connectivity index (χ0) is 13.1. The number of amides is 1. The van der Waals surface area contributed by atoms with Gasteiger partial charge in [-0.2, -0.15) is 0 Å². The summed E-state index contributed by atoms with van der Waals surface area (Å²) in [6.07, 6.45) is 5.73. The lowest BCUT2D eigenvalue weighted by molar-refractivity contribution is -0.133. The van der Waals surface area contributed by atoms with E-state index in [4.69, 9.17) is 0 Å². The monoisotopic (exact) mass is 278 g/mol. The number of hydrogen-bond acceptors (Lipinski definition) is 3. The van der Waals surface area contributed by atoms with Crippen LogP contribution in [0.2, 0.25) is 0 Å². The molecule has 0 unspecified atom stereocenters. The van der Waals surface area contributed by atoms with Gasteiger partial charge in [-0.1, -0.05) is 18.9 Å². The molecular weight excluding hydrogens is 256 g/mol. The van der Waals surface area contributed by atoms with E-state index in [-0.39, 0.29) is 5.41 Å². The Hall–Kier alpha value is -0.870. The molecule has 2 atom stereocenters. The van der Waals surface area contributed by atoms with Crippen molar-refractivity contribution < 1.29 is 4.79 Å². The van der Waals surface area contributed by atoms with Crippen molar-refractivity contribution in [1.29, 1.82) is 0 Å². The SMILES string of the molecule is O=C(NCCc1cccs1)[C@@]12CCCC[C@H]1CNC2. The summed E-state index contributed by atoms with van der Waals surface area (Å²) in [5.41, 5.74) is -0.103. The molecule has 1 aromatic rings. The van der Waals surface area contributed by atoms with Gasteiger partial charge in [0, 0.05) is 18.0 Å². The summed E-state index contributed by atoms with van der Waals surface area (Å²) >= 11 is 1.76. The molecule has 0 aromatic carbocycles. The summed E-state index contributed by atoms with van der Waals surface area (Å²) in [5, 5.41) is 8.70. The number of nitrogens with one attached hydrogen (secondary N) is 2. The van der Waals surface area contributed by atoms with E-state index in [1.165, 1.54) is 24.1 Å². The Balaban J connectivity index is 1.56. The number of thiophene rings is 1. The fourth-order valence-electron chi connectivity index (χ4n) is 3.62. The van der Waals surface area contributed by atoms with Crippen molar-refractivity contribution in [1.82, 2.24) is 10.6 Å². The Labute approximate surface area is 118 Å². The van der Waals surface area contributed by atoms with Gasteiger partial charge in [0.2, 0.25) is 5.91 Å². The molecule has 1 aromatic heterocycles. The van der Waals surface area contributed by atoms with Gasteiger partial charge in [0.25, 0.3) is 0 Å². The highest BCUT2D eigenvalue weighted by molar-refractivity contribution is 7.09. The number of carbonyl (C=O) groups excluding carboxylic acids is 1. The molecule has 2 aliphatic rings. The molecule has 1 aliphatic heterocycles. The van der Waals surface area contributed by atoms with E-state index in [0.717, 1.165) is 32.5 Å². The minimum absolute atomic E-state index is 0.103. The average Bonchev–Trinajstić information content (AvgIpc) is 3.08. The second-order valence-electron chi connectivity index (χ2n) is 5.82. The van der Waals surface area contributed by atoms with Crippen LogP contribution in [0.3, 0.4) is 0 Å². The molecule has 0 bridgehead atoms. The van der Waals surface area contributed by atoms with Crippen LogP contribution in [0, 0.1) is 11.3 Å². The van der Waals surface area contributed by atoms with Crippen LogP contribution in [0.4, 0.5) is 0 Å². The summed E-state index contributed by atoms with van der Waals surface area (Å²) in [6, 6.07) is 4.20. The molecule has 4 heteroatoms. The van der Waals surface area contributed by atoms with Gasteiger partial charge in [0.1, 0.15) is 0 Å². The van der Waals surface area contributed by atoms with Gasteiger partial charge >= 0.3 is 0 Å². The van der Waals surface area contributed by atoms with Crippen LogP contribution in [0.25, 0.3) is 0 Å². The van der Waals surface area contributed by atoms with E-state index in [2.05, 4.69) is 28.1 Å². The van der Waals surface area contributed by atoms with Crippen molar-refractivity contribution in [2.45, 2.75) is 32.1 Å². The number of hydrogen-bond donors (Lipinski definition) is 2. The summed E-state index contributed by atoms with van der Waals surface area (Å²) in [7, 11) is 0. The maximum absolute atomic E-state index is 12.6. The first kappa shape index (κ1) is 13.1. The number of carbonyl (C=O) groups is 1. The van der Waals surface area contributed by atoms with E-state index in [1.54, 1.807) is 11.3 Å². The third kappa shape index (κ3) is 2.56. The Morgan fingerprint density at radius 2 is 2.47 bits per heavy atom. The van der Waals surface area contributed by atoms with Gasteiger partial charge in [-0.05, 0) is 43.2 Å². The molecule has 2 heterocycles. The molecule has 3 nitrogen and oxygen atoms in total. The molecule has 1 saturated carbocycles. The van der Waals surface area contributed by atoms with Crippen LogP contribution in [0.15, 0.2) is 17.5 Å². The molecular formula is C15H22N2OS. The van der Waals surface area contributed by atoms with Crippen molar-refractivity contribution >= 4 is 17.2 Å². The van der Waals surface area contributed by atoms with Gasteiger partial charge in [0.15, 0.2) is 0 Å². The first-order valence-corrected chi connectivity index (χ1v) is 8.21. The van der Waals surface area contributed by atoms with Crippen LogP contribution in [0.1, 0.15) is 30.6 Å². The average molecular weight is 278 g/mol. The van der Waals surface area contributed by atoms with E-state index >= 15 is 0 Å². The smallest absolute Gasteiger partial charge is 0.227 e. The number of fused-ring (bicyclic) bond motifs is 1. The predicted molar refractivity (Wildman–Crippen MR) is 78.3 cm³/mol. The molecule has 1 saturated heterocycles. The fraction of sp³-hybridized carbons (Fsp3) is 0.667. The molecule has 0 spiro atoms. The van der Waals surface area contributed by atoms with E-state index < -0.39 is 0 Å². The Kier molecular flexibility index (Phi) is 3.89. The molecule has 1 amide bonds. The Morgan fingerprint density at radius 3 is 3.32 bits per heavy atom. The molecule has 104 valence electrons. The highest BCUT2D eigenvalue weighted by Crippen LogP contribution is 2.43. The Morgan fingerprint density at radius 1 is 1.53 bits per heavy atom. The normalized spacial score (nSPS) is 30.0. The van der Waals surface area contributed by atoms with Crippen molar-refractivity contribution in [3.05, 3.63) is 22.4 Å². The first-order chi connectivity index (χ1) is 9.31. The lowest BCUT2D eigenvalue weighted by atomic mass is 9.67. The molecule has 2 N–H and O–H groups in total. The summed E-state index contributed by atoms with van der Waals surface area (Å²) in [4.78, 5) is 13.9. The second-order valence-corrected chi connectivity index (χ2v) is 6.85. The van der Waals surface area contributed by atoms with E-state index in [0.29, 0.717) is 11.8 Å². The third-order valence-corrected chi connectivity index (χ3v) is 5.66.